The van der Waals surface area contributed by atoms with Crippen molar-refractivity contribution in [3.8, 4) is 0 Å². The largest absolute Gasteiger partial charge is 0.380 e. The van der Waals surface area contributed by atoms with Crippen LogP contribution in [0.25, 0.3) is 0 Å². The monoisotopic (exact) mass is 298 g/mol. The summed E-state index contributed by atoms with van der Waals surface area (Å²) in [6, 6.07) is 2.78. The van der Waals surface area contributed by atoms with Crippen molar-refractivity contribution in [1.29, 1.82) is 0 Å². The van der Waals surface area contributed by atoms with E-state index < -0.39 is 22.3 Å². The second kappa shape index (κ2) is 8.31. The zero-order chi connectivity index (χ0) is 15.8. The lowest BCUT2D eigenvalue weighted by atomic mass is 10.1. The molecule has 0 aliphatic rings. The van der Waals surface area contributed by atoms with Gasteiger partial charge in [-0.25, -0.2) is 4.39 Å². The molecule has 0 aromatic heterocycles. The summed E-state index contributed by atoms with van der Waals surface area (Å²) in [5.41, 5.74) is -0.711. The number of amides is 1. The number of nitro benzene ring substituents is 1. The molecule has 116 valence electrons. The van der Waals surface area contributed by atoms with Gasteiger partial charge >= 0.3 is 0 Å². The van der Waals surface area contributed by atoms with Crippen LogP contribution < -0.4 is 5.32 Å². The summed E-state index contributed by atoms with van der Waals surface area (Å²) in [5.74, 6) is -0.845. The molecule has 0 atom stereocenters. The van der Waals surface area contributed by atoms with Gasteiger partial charge in [0, 0.05) is 19.2 Å². The zero-order valence-corrected chi connectivity index (χ0v) is 12.1. The molecule has 0 saturated heterocycles. The van der Waals surface area contributed by atoms with Crippen LogP contribution >= 0.6 is 0 Å². The third kappa shape index (κ3) is 5.86. The second-order valence-electron chi connectivity index (χ2n) is 4.97. The number of nitrogens with zero attached hydrogens (tertiary/aromatic N) is 1. The Balaban J connectivity index is 2.49. The van der Waals surface area contributed by atoms with Crippen LogP contribution in [0, 0.1) is 21.8 Å². The summed E-state index contributed by atoms with van der Waals surface area (Å²) in [6.45, 7) is 5.27. The Bertz CT molecular complexity index is 506. The van der Waals surface area contributed by atoms with Gasteiger partial charge < -0.3 is 10.1 Å². The molecule has 0 bridgehead atoms. The lowest BCUT2D eigenvalue weighted by Gasteiger charge is -2.08. The SMILES string of the molecule is CC(C)CCOCCNC(=O)c1cc(F)ccc1[N+](=O)[O-]. The van der Waals surface area contributed by atoms with Crippen molar-refractivity contribution in [1.82, 2.24) is 5.32 Å². The number of rotatable bonds is 8. The number of nitrogens with one attached hydrogen (secondary N) is 1. The normalized spacial score (nSPS) is 10.7. The van der Waals surface area contributed by atoms with E-state index in [-0.39, 0.29) is 12.1 Å². The molecule has 1 aromatic rings. The first-order valence-corrected chi connectivity index (χ1v) is 6.71. The highest BCUT2D eigenvalue weighted by Crippen LogP contribution is 2.19. The number of hydrogen-bond donors (Lipinski definition) is 1. The summed E-state index contributed by atoms with van der Waals surface area (Å²) in [6.07, 6.45) is 0.920. The number of ether oxygens (including phenoxy) is 1. The van der Waals surface area contributed by atoms with Crippen molar-refractivity contribution in [2.24, 2.45) is 5.92 Å². The molecule has 7 heteroatoms. The van der Waals surface area contributed by atoms with Crippen LogP contribution in [0.4, 0.5) is 10.1 Å². The first-order chi connectivity index (χ1) is 9.91. The van der Waals surface area contributed by atoms with Gasteiger partial charge in [0.1, 0.15) is 11.4 Å². The molecule has 0 saturated carbocycles. The topological polar surface area (TPSA) is 81.5 Å². The Morgan fingerprint density at radius 2 is 2.14 bits per heavy atom. The van der Waals surface area contributed by atoms with Gasteiger partial charge in [0.05, 0.1) is 11.5 Å². The predicted molar refractivity (Wildman–Crippen MR) is 75.7 cm³/mol. The quantitative estimate of drug-likeness (QED) is 0.454. The van der Waals surface area contributed by atoms with E-state index in [4.69, 9.17) is 4.74 Å². The number of benzene rings is 1. The number of hydrogen-bond acceptors (Lipinski definition) is 4. The van der Waals surface area contributed by atoms with Crippen LogP contribution in [0.3, 0.4) is 0 Å². The van der Waals surface area contributed by atoms with Crippen molar-refractivity contribution >= 4 is 11.6 Å². The molecule has 0 aliphatic heterocycles. The smallest absolute Gasteiger partial charge is 0.282 e. The second-order valence-corrected chi connectivity index (χ2v) is 4.97. The molecule has 0 spiro atoms. The van der Waals surface area contributed by atoms with Crippen molar-refractivity contribution in [3.63, 3.8) is 0 Å². The lowest BCUT2D eigenvalue weighted by molar-refractivity contribution is -0.385. The molecule has 1 amide bonds. The molecule has 6 nitrogen and oxygen atoms in total. The van der Waals surface area contributed by atoms with E-state index in [1.807, 2.05) is 0 Å². The van der Waals surface area contributed by atoms with E-state index in [1.54, 1.807) is 0 Å². The molecule has 0 aliphatic carbocycles. The van der Waals surface area contributed by atoms with E-state index >= 15 is 0 Å². The van der Waals surface area contributed by atoms with Gasteiger partial charge in [-0.1, -0.05) is 13.8 Å². The molecular formula is C14H19FN2O4. The van der Waals surface area contributed by atoms with E-state index in [2.05, 4.69) is 19.2 Å². The first-order valence-electron chi connectivity index (χ1n) is 6.71. The van der Waals surface area contributed by atoms with Gasteiger partial charge in [0.2, 0.25) is 0 Å². The Morgan fingerprint density at radius 3 is 2.76 bits per heavy atom. The van der Waals surface area contributed by atoms with E-state index in [1.165, 1.54) is 0 Å². The van der Waals surface area contributed by atoms with Gasteiger partial charge in [0.25, 0.3) is 11.6 Å². The van der Waals surface area contributed by atoms with Crippen molar-refractivity contribution < 1.29 is 18.8 Å². The molecular weight excluding hydrogens is 279 g/mol. The average Bonchev–Trinajstić information content (AvgIpc) is 2.41. The maximum atomic E-state index is 13.1. The van der Waals surface area contributed by atoms with Gasteiger partial charge in [-0.2, -0.15) is 0 Å². The Kier molecular flexibility index (Phi) is 6.74. The van der Waals surface area contributed by atoms with Gasteiger partial charge in [-0.15, -0.1) is 0 Å². The number of carbonyl (C=O) groups is 1. The highest BCUT2D eigenvalue weighted by molar-refractivity contribution is 5.98. The highest BCUT2D eigenvalue weighted by atomic mass is 19.1. The fourth-order valence-electron chi connectivity index (χ4n) is 1.60. The van der Waals surface area contributed by atoms with Gasteiger partial charge in [-0.3, -0.25) is 14.9 Å². The van der Waals surface area contributed by atoms with Crippen LogP contribution in [0.2, 0.25) is 0 Å². The summed E-state index contributed by atoms with van der Waals surface area (Å²) < 4.78 is 18.4. The lowest BCUT2D eigenvalue weighted by Crippen LogP contribution is -2.28. The van der Waals surface area contributed by atoms with Crippen LogP contribution in [0.5, 0.6) is 0 Å². The minimum absolute atomic E-state index is 0.213. The minimum Gasteiger partial charge on any atom is -0.380 e. The Morgan fingerprint density at radius 1 is 1.43 bits per heavy atom. The van der Waals surface area contributed by atoms with Crippen molar-refractivity contribution in [3.05, 3.63) is 39.7 Å². The van der Waals surface area contributed by atoms with Crippen LogP contribution in [-0.4, -0.2) is 30.6 Å². The highest BCUT2D eigenvalue weighted by Gasteiger charge is 2.20. The van der Waals surface area contributed by atoms with Gasteiger partial charge in [0.15, 0.2) is 0 Å². The van der Waals surface area contributed by atoms with Crippen LogP contribution in [0.15, 0.2) is 18.2 Å². The Hall–Kier alpha value is -2.02. The molecule has 1 N–H and O–H groups in total. The summed E-state index contributed by atoms with van der Waals surface area (Å²) >= 11 is 0. The molecule has 0 unspecified atom stereocenters. The number of carbonyl (C=O) groups excluding carboxylic acids is 1. The zero-order valence-electron chi connectivity index (χ0n) is 12.1. The van der Waals surface area contributed by atoms with Crippen molar-refractivity contribution in [2.75, 3.05) is 19.8 Å². The number of nitro groups is 1. The van der Waals surface area contributed by atoms with E-state index in [9.17, 15) is 19.3 Å². The fraction of sp³-hybridized carbons (Fsp3) is 0.500. The maximum Gasteiger partial charge on any atom is 0.282 e. The third-order valence-corrected chi connectivity index (χ3v) is 2.77. The summed E-state index contributed by atoms with van der Waals surface area (Å²) in [7, 11) is 0. The van der Waals surface area contributed by atoms with Crippen LogP contribution in [-0.2, 0) is 4.74 Å². The molecule has 0 radical (unpaired) electrons. The summed E-state index contributed by atoms with van der Waals surface area (Å²) in [5, 5.41) is 13.3. The summed E-state index contributed by atoms with van der Waals surface area (Å²) in [4.78, 5) is 21.9. The van der Waals surface area contributed by atoms with Crippen molar-refractivity contribution in [2.45, 2.75) is 20.3 Å². The third-order valence-electron chi connectivity index (χ3n) is 2.77. The molecule has 0 heterocycles. The average molecular weight is 298 g/mol. The van der Waals surface area contributed by atoms with Gasteiger partial charge in [-0.05, 0) is 24.5 Å². The maximum absolute atomic E-state index is 13.1. The fourth-order valence-corrected chi connectivity index (χ4v) is 1.60. The minimum atomic E-state index is -0.715. The molecule has 0 fully saturated rings. The predicted octanol–water partition coefficient (Wildman–Crippen LogP) is 2.53. The number of halogens is 1. The molecule has 21 heavy (non-hydrogen) atoms. The van der Waals surface area contributed by atoms with E-state index in [0.29, 0.717) is 19.1 Å². The molecule has 1 rings (SSSR count). The Labute approximate surface area is 122 Å². The van der Waals surface area contributed by atoms with Crippen LogP contribution in [0.1, 0.15) is 30.6 Å². The van der Waals surface area contributed by atoms with E-state index in [0.717, 1.165) is 24.6 Å². The first kappa shape index (κ1) is 17.0. The standard InChI is InChI=1S/C14H19FN2O4/c1-10(2)5-7-21-8-6-16-14(18)12-9-11(15)3-4-13(12)17(19)20/h3-4,9-10H,5-8H2,1-2H3,(H,16,18). The molecule has 1 aromatic carbocycles.